The van der Waals surface area contributed by atoms with Gasteiger partial charge in [0, 0.05) is 0 Å². The van der Waals surface area contributed by atoms with Gasteiger partial charge in [0.1, 0.15) is 0 Å². The summed E-state index contributed by atoms with van der Waals surface area (Å²) in [5.74, 6) is 1.59. The minimum Gasteiger partial charge on any atom is -0.319 e. The molecule has 0 spiro atoms. The molecule has 2 heteroatoms. The number of rotatable bonds is 3. The maximum absolute atomic E-state index is 3.36. The first kappa shape index (κ1) is 12.1. The molecule has 1 saturated carbocycles. The van der Waals surface area contributed by atoms with Crippen LogP contribution in [0.2, 0.25) is 0 Å². The van der Waals surface area contributed by atoms with Crippen molar-refractivity contribution in [3.05, 3.63) is 22.4 Å². The van der Waals surface area contributed by atoms with E-state index in [0.717, 1.165) is 18.4 Å². The van der Waals surface area contributed by atoms with Crippen molar-refractivity contribution >= 4 is 11.3 Å². The third-order valence-corrected chi connectivity index (χ3v) is 4.67. The molecule has 90 valence electrons. The van der Waals surface area contributed by atoms with Crippen LogP contribution in [0.25, 0.3) is 0 Å². The van der Waals surface area contributed by atoms with Crippen molar-refractivity contribution in [3.63, 3.8) is 0 Å². The van der Waals surface area contributed by atoms with Gasteiger partial charge in [0.05, 0.1) is 0 Å². The van der Waals surface area contributed by atoms with E-state index in [0.29, 0.717) is 5.41 Å². The maximum atomic E-state index is 3.36. The molecule has 1 nitrogen and oxygen atoms in total. The molecule has 2 atom stereocenters. The summed E-state index contributed by atoms with van der Waals surface area (Å²) in [6.45, 7) is 6.00. The van der Waals surface area contributed by atoms with E-state index < -0.39 is 0 Å². The second kappa shape index (κ2) is 4.89. The van der Waals surface area contributed by atoms with Gasteiger partial charge >= 0.3 is 0 Å². The van der Waals surface area contributed by atoms with E-state index in [9.17, 15) is 0 Å². The summed E-state index contributed by atoms with van der Waals surface area (Å²) in [4.78, 5) is 0. The summed E-state index contributed by atoms with van der Waals surface area (Å²) >= 11 is 1.83. The Morgan fingerprint density at radius 1 is 1.50 bits per heavy atom. The van der Waals surface area contributed by atoms with E-state index in [1.54, 1.807) is 5.56 Å². The van der Waals surface area contributed by atoms with Crippen LogP contribution in [0.15, 0.2) is 16.8 Å². The Balaban J connectivity index is 2.15. The van der Waals surface area contributed by atoms with Crippen molar-refractivity contribution < 1.29 is 0 Å². The quantitative estimate of drug-likeness (QED) is 0.841. The molecule has 1 aromatic heterocycles. The van der Waals surface area contributed by atoms with Crippen molar-refractivity contribution in [1.29, 1.82) is 0 Å². The van der Waals surface area contributed by atoms with Crippen molar-refractivity contribution in [1.82, 2.24) is 5.32 Å². The van der Waals surface area contributed by atoms with Gasteiger partial charge in [-0.15, -0.1) is 0 Å². The highest BCUT2D eigenvalue weighted by atomic mass is 32.1. The van der Waals surface area contributed by atoms with Gasteiger partial charge < -0.3 is 5.32 Å². The van der Waals surface area contributed by atoms with Crippen molar-refractivity contribution in [2.45, 2.75) is 39.0 Å². The van der Waals surface area contributed by atoms with Crippen LogP contribution in [0.4, 0.5) is 0 Å². The Hall–Kier alpha value is -0.340. The van der Waals surface area contributed by atoms with E-state index in [4.69, 9.17) is 0 Å². The first-order valence-corrected chi connectivity index (χ1v) is 7.23. The molecular weight excluding hydrogens is 214 g/mol. The highest BCUT2D eigenvalue weighted by molar-refractivity contribution is 7.07. The zero-order chi connectivity index (χ0) is 11.6. The Morgan fingerprint density at radius 3 is 2.94 bits per heavy atom. The van der Waals surface area contributed by atoms with Gasteiger partial charge in [-0.05, 0) is 72.5 Å². The van der Waals surface area contributed by atoms with Gasteiger partial charge in [-0.25, -0.2) is 0 Å². The third kappa shape index (κ3) is 2.67. The van der Waals surface area contributed by atoms with Crippen molar-refractivity contribution in [3.8, 4) is 0 Å². The molecular formula is C14H23NS. The third-order valence-electron chi connectivity index (χ3n) is 3.97. The molecule has 0 radical (unpaired) electrons. The normalized spacial score (nSPS) is 29.2. The zero-order valence-corrected chi connectivity index (χ0v) is 11.4. The van der Waals surface area contributed by atoms with Crippen LogP contribution >= 0.6 is 11.3 Å². The average molecular weight is 237 g/mol. The Bertz CT molecular complexity index is 315. The molecule has 2 rings (SSSR count). The standard InChI is InChI=1S/C14H23NS/c1-14(2)6-4-11(9-15-3)13(8-14)12-5-7-16-10-12/h5,7,10-11,13,15H,4,6,8-9H2,1-3H3. The molecule has 1 heterocycles. The Morgan fingerprint density at radius 2 is 2.31 bits per heavy atom. The number of hydrogen-bond acceptors (Lipinski definition) is 2. The van der Waals surface area contributed by atoms with Crippen LogP contribution in [-0.4, -0.2) is 13.6 Å². The summed E-state index contributed by atoms with van der Waals surface area (Å²) in [5, 5.41) is 7.92. The van der Waals surface area contributed by atoms with Gasteiger partial charge in [-0.2, -0.15) is 11.3 Å². The van der Waals surface area contributed by atoms with Crippen LogP contribution in [0.5, 0.6) is 0 Å². The molecule has 0 aliphatic heterocycles. The Labute approximate surface area is 103 Å². The zero-order valence-electron chi connectivity index (χ0n) is 10.6. The fourth-order valence-electron chi connectivity index (χ4n) is 3.02. The smallest absolute Gasteiger partial charge is 0.00177 e. The van der Waals surface area contributed by atoms with Crippen LogP contribution in [-0.2, 0) is 0 Å². The fraction of sp³-hybridized carbons (Fsp3) is 0.714. The van der Waals surface area contributed by atoms with Crippen molar-refractivity contribution in [2.75, 3.05) is 13.6 Å². The monoisotopic (exact) mass is 237 g/mol. The number of thiophene rings is 1. The molecule has 1 fully saturated rings. The van der Waals surface area contributed by atoms with E-state index in [1.165, 1.54) is 19.3 Å². The average Bonchev–Trinajstić information content (AvgIpc) is 2.74. The van der Waals surface area contributed by atoms with Gasteiger partial charge in [0.15, 0.2) is 0 Å². The van der Waals surface area contributed by atoms with Gasteiger partial charge in [-0.3, -0.25) is 0 Å². The first-order valence-electron chi connectivity index (χ1n) is 6.29. The fourth-order valence-corrected chi connectivity index (χ4v) is 3.75. The lowest BCUT2D eigenvalue weighted by molar-refractivity contribution is 0.161. The molecule has 0 bridgehead atoms. The predicted octanol–water partition coefficient (Wildman–Crippen LogP) is 3.88. The maximum Gasteiger partial charge on any atom is -0.00177 e. The first-order chi connectivity index (χ1) is 7.62. The number of nitrogens with one attached hydrogen (secondary N) is 1. The van der Waals surface area contributed by atoms with Crippen molar-refractivity contribution in [2.24, 2.45) is 11.3 Å². The molecule has 16 heavy (non-hydrogen) atoms. The minimum absolute atomic E-state index is 0.525. The van der Waals surface area contributed by atoms with Crippen LogP contribution in [0.1, 0.15) is 44.6 Å². The van der Waals surface area contributed by atoms with Crippen LogP contribution in [0, 0.1) is 11.3 Å². The largest absolute Gasteiger partial charge is 0.319 e. The van der Waals surface area contributed by atoms with Gasteiger partial charge in [0.2, 0.25) is 0 Å². The molecule has 0 amide bonds. The molecule has 0 saturated heterocycles. The summed E-state index contributed by atoms with van der Waals surface area (Å²) < 4.78 is 0. The second-order valence-electron chi connectivity index (χ2n) is 5.89. The lowest BCUT2D eigenvalue weighted by atomic mass is 9.65. The molecule has 2 unspecified atom stereocenters. The van der Waals surface area contributed by atoms with E-state index >= 15 is 0 Å². The summed E-state index contributed by atoms with van der Waals surface area (Å²) in [7, 11) is 2.07. The van der Waals surface area contributed by atoms with E-state index in [2.05, 4.69) is 43.0 Å². The lowest BCUT2D eigenvalue weighted by Gasteiger charge is -2.40. The van der Waals surface area contributed by atoms with Crippen LogP contribution < -0.4 is 5.32 Å². The molecule has 1 aromatic rings. The van der Waals surface area contributed by atoms with Gasteiger partial charge in [-0.1, -0.05) is 13.8 Å². The van der Waals surface area contributed by atoms with E-state index in [1.807, 2.05) is 11.3 Å². The summed E-state index contributed by atoms with van der Waals surface area (Å²) in [6.07, 6.45) is 4.09. The topological polar surface area (TPSA) is 12.0 Å². The minimum atomic E-state index is 0.525. The molecule has 1 N–H and O–H groups in total. The summed E-state index contributed by atoms with van der Waals surface area (Å²) in [5.41, 5.74) is 2.09. The summed E-state index contributed by atoms with van der Waals surface area (Å²) in [6, 6.07) is 2.32. The second-order valence-corrected chi connectivity index (χ2v) is 6.67. The molecule has 1 aliphatic rings. The predicted molar refractivity (Wildman–Crippen MR) is 72.1 cm³/mol. The highest BCUT2D eigenvalue weighted by Gasteiger charge is 2.35. The molecule has 0 aromatic carbocycles. The lowest BCUT2D eigenvalue weighted by Crippen LogP contribution is -2.33. The van der Waals surface area contributed by atoms with Gasteiger partial charge in [0.25, 0.3) is 0 Å². The van der Waals surface area contributed by atoms with E-state index in [-0.39, 0.29) is 0 Å². The number of hydrogen-bond donors (Lipinski definition) is 1. The SMILES string of the molecule is CNCC1CCC(C)(C)CC1c1ccsc1. The molecule has 1 aliphatic carbocycles. The van der Waals surface area contributed by atoms with Crippen LogP contribution in [0.3, 0.4) is 0 Å². The Kier molecular flexibility index (Phi) is 3.70. The highest BCUT2D eigenvalue weighted by Crippen LogP contribution is 2.46.